The van der Waals surface area contributed by atoms with Gasteiger partial charge in [0.2, 0.25) is 0 Å². The second-order valence-electron chi connectivity index (χ2n) is 7.06. The van der Waals surface area contributed by atoms with Crippen LogP contribution in [0.25, 0.3) is 0 Å². The van der Waals surface area contributed by atoms with E-state index in [1.54, 1.807) is 6.07 Å². The largest absolute Gasteiger partial charge is 0.371 e. The Bertz CT molecular complexity index is 464. The molecule has 2 fully saturated rings. The number of anilines is 1. The maximum Gasteiger partial charge on any atom is 0.129 e. The van der Waals surface area contributed by atoms with Crippen LogP contribution in [-0.4, -0.2) is 19.1 Å². The molecule has 0 spiro atoms. The van der Waals surface area contributed by atoms with E-state index in [0.29, 0.717) is 12.6 Å². The minimum Gasteiger partial charge on any atom is -0.371 e. The van der Waals surface area contributed by atoms with Crippen molar-refractivity contribution < 1.29 is 4.39 Å². The lowest BCUT2D eigenvalue weighted by Crippen LogP contribution is -2.31. The molecule has 0 aliphatic heterocycles. The predicted molar refractivity (Wildman–Crippen MR) is 86.0 cm³/mol. The molecule has 2 aliphatic rings. The minimum absolute atomic E-state index is 0.0720. The standard InChI is InChI=1S/C18H27FN2/c1-13(2)20-10-16-17(19)4-3-5-18(16)21(11-14-6-7-14)12-15-8-9-15/h3-5,13-15,20H,6-12H2,1-2H3. The molecule has 0 atom stereocenters. The zero-order chi connectivity index (χ0) is 14.8. The van der Waals surface area contributed by atoms with Gasteiger partial charge in [-0.25, -0.2) is 4.39 Å². The molecule has 0 amide bonds. The van der Waals surface area contributed by atoms with Crippen LogP contribution in [0.1, 0.15) is 45.1 Å². The van der Waals surface area contributed by atoms with E-state index in [4.69, 9.17) is 0 Å². The summed E-state index contributed by atoms with van der Waals surface area (Å²) in [6.45, 7) is 7.04. The van der Waals surface area contributed by atoms with E-state index in [-0.39, 0.29) is 5.82 Å². The highest BCUT2D eigenvalue weighted by molar-refractivity contribution is 5.54. The lowest BCUT2D eigenvalue weighted by atomic mass is 10.1. The summed E-state index contributed by atoms with van der Waals surface area (Å²) < 4.78 is 14.3. The number of benzene rings is 1. The fraction of sp³-hybridized carbons (Fsp3) is 0.667. The summed E-state index contributed by atoms with van der Waals surface area (Å²) in [6.07, 6.45) is 5.37. The van der Waals surface area contributed by atoms with E-state index in [1.807, 2.05) is 6.07 Å². The summed E-state index contributed by atoms with van der Waals surface area (Å²) in [5.74, 6) is 1.59. The lowest BCUT2D eigenvalue weighted by molar-refractivity contribution is 0.550. The Morgan fingerprint density at radius 3 is 2.29 bits per heavy atom. The molecule has 3 rings (SSSR count). The van der Waals surface area contributed by atoms with Crippen LogP contribution in [0.5, 0.6) is 0 Å². The van der Waals surface area contributed by atoms with Gasteiger partial charge in [0, 0.05) is 36.9 Å². The maximum atomic E-state index is 14.3. The average Bonchev–Trinajstić information content (AvgIpc) is 3.31. The molecule has 1 N–H and O–H groups in total. The third-order valence-electron chi connectivity index (χ3n) is 4.47. The van der Waals surface area contributed by atoms with Gasteiger partial charge >= 0.3 is 0 Å². The van der Waals surface area contributed by atoms with Gasteiger partial charge in [0.15, 0.2) is 0 Å². The molecule has 0 bridgehead atoms. The van der Waals surface area contributed by atoms with Crippen LogP contribution in [0.3, 0.4) is 0 Å². The SMILES string of the molecule is CC(C)NCc1c(F)cccc1N(CC1CC1)CC1CC1. The summed E-state index contributed by atoms with van der Waals surface area (Å²) in [7, 11) is 0. The van der Waals surface area contributed by atoms with Crippen LogP contribution in [0, 0.1) is 17.7 Å². The van der Waals surface area contributed by atoms with Gasteiger partial charge in [-0.3, -0.25) is 0 Å². The minimum atomic E-state index is -0.0720. The van der Waals surface area contributed by atoms with Crippen LogP contribution in [0.2, 0.25) is 0 Å². The highest BCUT2D eigenvalue weighted by atomic mass is 19.1. The Balaban J connectivity index is 1.80. The number of nitrogens with zero attached hydrogens (tertiary/aromatic N) is 1. The third-order valence-corrected chi connectivity index (χ3v) is 4.47. The van der Waals surface area contributed by atoms with Crippen LogP contribution < -0.4 is 10.2 Å². The summed E-state index contributed by atoms with van der Waals surface area (Å²) in [6, 6.07) is 5.92. The second-order valence-corrected chi connectivity index (χ2v) is 7.06. The van der Waals surface area contributed by atoms with E-state index < -0.39 is 0 Å². The first kappa shape index (κ1) is 14.8. The van der Waals surface area contributed by atoms with Gasteiger partial charge in [-0.05, 0) is 49.7 Å². The Hall–Kier alpha value is -1.09. The highest BCUT2D eigenvalue weighted by Gasteiger charge is 2.30. The predicted octanol–water partition coefficient (Wildman–Crippen LogP) is 3.95. The van der Waals surface area contributed by atoms with Crippen molar-refractivity contribution in [3.05, 3.63) is 29.6 Å². The Morgan fingerprint density at radius 1 is 1.14 bits per heavy atom. The first-order valence-corrected chi connectivity index (χ1v) is 8.39. The normalized spacial score (nSPS) is 18.3. The van der Waals surface area contributed by atoms with Crippen molar-refractivity contribution in [2.75, 3.05) is 18.0 Å². The molecule has 0 saturated heterocycles. The molecule has 0 radical (unpaired) electrons. The van der Waals surface area contributed by atoms with Crippen LogP contribution in [0.15, 0.2) is 18.2 Å². The molecule has 2 saturated carbocycles. The van der Waals surface area contributed by atoms with Crippen molar-refractivity contribution in [3.8, 4) is 0 Å². The average molecular weight is 290 g/mol. The Labute approximate surface area is 127 Å². The molecule has 21 heavy (non-hydrogen) atoms. The van der Waals surface area contributed by atoms with E-state index >= 15 is 0 Å². The summed E-state index contributed by atoms with van der Waals surface area (Å²) in [5.41, 5.74) is 1.95. The van der Waals surface area contributed by atoms with Crippen LogP contribution in [0.4, 0.5) is 10.1 Å². The van der Waals surface area contributed by atoms with Crippen LogP contribution in [-0.2, 0) is 6.54 Å². The van der Waals surface area contributed by atoms with Crippen molar-refractivity contribution >= 4 is 5.69 Å². The van der Waals surface area contributed by atoms with Crippen molar-refractivity contribution in [2.24, 2.45) is 11.8 Å². The quantitative estimate of drug-likeness (QED) is 0.780. The van der Waals surface area contributed by atoms with E-state index in [2.05, 4.69) is 30.1 Å². The van der Waals surface area contributed by atoms with Crippen molar-refractivity contribution in [1.29, 1.82) is 0 Å². The zero-order valence-electron chi connectivity index (χ0n) is 13.2. The first-order valence-electron chi connectivity index (χ1n) is 8.39. The number of rotatable bonds is 8. The molecule has 116 valence electrons. The Kier molecular flexibility index (Phi) is 4.48. The van der Waals surface area contributed by atoms with Gasteiger partial charge in [-0.2, -0.15) is 0 Å². The molecule has 0 unspecified atom stereocenters. The number of nitrogens with one attached hydrogen (secondary N) is 1. The first-order chi connectivity index (χ1) is 10.1. The van der Waals surface area contributed by atoms with Crippen molar-refractivity contribution in [2.45, 2.75) is 52.1 Å². The van der Waals surface area contributed by atoms with Crippen LogP contribution >= 0.6 is 0 Å². The maximum absolute atomic E-state index is 14.3. The van der Waals surface area contributed by atoms with Gasteiger partial charge in [-0.1, -0.05) is 19.9 Å². The molecule has 2 nitrogen and oxygen atoms in total. The zero-order valence-corrected chi connectivity index (χ0v) is 13.2. The Morgan fingerprint density at radius 2 is 1.76 bits per heavy atom. The van der Waals surface area contributed by atoms with Gasteiger partial charge < -0.3 is 10.2 Å². The fourth-order valence-electron chi connectivity index (χ4n) is 2.82. The fourth-order valence-corrected chi connectivity index (χ4v) is 2.82. The van der Waals surface area contributed by atoms with Crippen molar-refractivity contribution in [1.82, 2.24) is 5.32 Å². The molecular formula is C18H27FN2. The summed E-state index contributed by atoms with van der Waals surface area (Å²) in [4.78, 5) is 2.45. The molecule has 0 heterocycles. The molecule has 3 heteroatoms. The number of hydrogen-bond acceptors (Lipinski definition) is 2. The number of hydrogen-bond donors (Lipinski definition) is 1. The van der Waals surface area contributed by atoms with E-state index in [1.165, 1.54) is 25.7 Å². The number of halogens is 1. The lowest BCUT2D eigenvalue weighted by Gasteiger charge is -2.28. The molecule has 1 aromatic rings. The van der Waals surface area contributed by atoms with Gasteiger partial charge in [0.1, 0.15) is 5.82 Å². The van der Waals surface area contributed by atoms with E-state index in [0.717, 1.165) is 36.2 Å². The molecule has 1 aromatic carbocycles. The van der Waals surface area contributed by atoms with Gasteiger partial charge in [0.25, 0.3) is 0 Å². The van der Waals surface area contributed by atoms with Gasteiger partial charge in [-0.15, -0.1) is 0 Å². The molecular weight excluding hydrogens is 263 g/mol. The van der Waals surface area contributed by atoms with Crippen molar-refractivity contribution in [3.63, 3.8) is 0 Å². The van der Waals surface area contributed by atoms with E-state index in [9.17, 15) is 4.39 Å². The third kappa shape index (κ3) is 4.19. The smallest absolute Gasteiger partial charge is 0.129 e. The highest BCUT2D eigenvalue weighted by Crippen LogP contribution is 2.37. The second kappa shape index (κ2) is 6.35. The topological polar surface area (TPSA) is 15.3 Å². The van der Waals surface area contributed by atoms with Gasteiger partial charge in [0.05, 0.1) is 0 Å². The summed E-state index contributed by atoms with van der Waals surface area (Å²) in [5, 5.41) is 3.37. The summed E-state index contributed by atoms with van der Waals surface area (Å²) >= 11 is 0. The molecule has 2 aliphatic carbocycles. The monoisotopic (exact) mass is 290 g/mol. The molecule has 0 aromatic heterocycles.